The Morgan fingerprint density at radius 1 is 1.08 bits per heavy atom. The summed E-state index contributed by atoms with van der Waals surface area (Å²) in [6.45, 7) is 5.24. The van der Waals surface area contributed by atoms with Gasteiger partial charge in [0.15, 0.2) is 9.84 Å². The third-order valence-corrected chi connectivity index (χ3v) is 8.48. The van der Waals surface area contributed by atoms with Gasteiger partial charge in [-0.05, 0) is 55.5 Å². The molecule has 1 saturated heterocycles. The van der Waals surface area contributed by atoms with Crippen LogP contribution in [0.3, 0.4) is 0 Å². The number of rotatable bonds is 11. The highest BCUT2D eigenvalue weighted by molar-refractivity contribution is 7.90. The van der Waals surface area contributed by atoms with Gasteiger partial charge >= 0.3 is 0 Å². The third-order valence-electron chi connectivity index (χ3n) is 7.35. The lowest BCUT2D eigenvalue weighted by Gasteiger charge is -2.38. The number of H-pyrrole nitrogens is 1. The molecule has 208 valence electrons. The van der Waals surface area contributed by atoms with E-state index in [1.807, 2.05) is 42.2 Å². The molecule has 1 aliphatic heterocycles. The van der Waals surface area contributed by atoms with Crippen LogP contribution in [0.1, 0.15) is 53.8 Å². The van der Waals surface area contributed by atoms with Gasteiger partial charge in [-0.3, -0.25) is 14.7 Å². The molecule has 2 N–H and O–H groups in total. The van der Waals surface area contributed by atoms with Crippen molar-refractivity contribution in [3.8, 4) is 0 Å². The molecule has 0 unspecified atom stereocenters. The Morgan fingerprint density at radius 3 is 2.36 bits per heavy atom. The third kappa shape index (κ3) is 7.77. The maximum atomic E-state index is 13.1. The van der Waals surface area contributed by atoms with E-state index in [9.17, 15) is 18.0 Å². The molecule has 9 nitrogen and oxygen atoms in total. The summed E-state index contributed by atoms with van der Waals surface area (Å²) in [6.07, 6.45) is 5.56. The van der Waals surface area contributed by atoms with Crippen molar-refractivity contribution in [2.75, 3.05) is 32.4 Å². The molecule has 0 radical (unpaired) electrons. The van der Waals surface area contributed by atoms with Gasteiger partial charge in [0.2, 0.25) is 5.91 Å². The van der Waals surface area contributed by atoms with Crippen LogP contribution in [-0.4, -0.2) is 78.7 Å². The number of carbonyl (C=O) groups excluding carboxylic acids is 2. The molecule has 1 aliphatic rings. The first-order valence-corrected chi connectivity index (χ1v) is 15.3. The number of likely N-dealkylation sites (N-methyl/N-ethyl adjacent to an activating group) is 1. The number of aromatic amines is 1. The first-order valence-electron chi connectivity index (χ1n) is 13.4. The van der Waals surface area contributed by atoms with E-state index >= 15 is 0 Å². The van der Waals surface area contributed by atoms with E-state index in [0.717, 1.165) is 50.0 Å². The van der Waals surface area contributed by atoms with Crippen molar-refractivity contribution in [2.45, 2.75) is 49.6 Å². The molecular formula is C29H37N5O4S. The molecule has 0 saturated carbocycles. The van der Waals surface area contributed by atoms with Gasteiger partial charge in [0.1, 0.15) is 5.69 Å². The molecule has 0 spiro atoms. The molecular weight excluding hydrogens is 514 g/mol. The van der Waals surface area contributed by atoms with Gasteiger partial charge < -0.3 is 15.1 Å². The molecule has 1 atom stereocenters. The number of piperidine rings is 1. The van der Waals surface area contributed by atoms with Gasteiger partial charge in [-0.2, -0.15) is 5.10 Å². The minimum absolute atomic E-state index is 0.0636. The second kappa shape index (κ2) is 13.0. The van der Waals surface area contributed by atoms with E-state index in [-0.39, 0.29) is 35.2 Å². The van der Waals surface area contributed by atoms with Crippen LogP contribution in [0.15, 0.2) is 71.8 Å². The Labute approximate surface area is 230 Å². The number of nitrogens with zero attached hydrogens (tertiary/aromatic N) is 3. The molecule has 39 heavy (non-hydrogen) atoms. The van der Waals surface area contributed by atoms with Gasteiger partial charge in [0.05, 0.1) is 17.4 Å². The largest absolute Gasteiger partial charge is 0.344 e. The van der Waals surface area contributed by atoms with Crippen molar-refractivity contribution >= 4 is 21.7 Å². The molecule has 2 heterocycles. The fourth-order valence-corrected chi connectivity index (χ4v) is 5.79. The fourth-order valence-electron chi connectivity index (χ4n) is 5.16. The predicted octanol–water partition coefficient (Wildman–Crippen LogP) is 3.23. The van der Waals surface area contributed by atoms with Crippen molar-refractivity contribution < 1.29 is 18.0 Å². The van der Waals surface area contributed by atoms with Crippen LogP contribution < -0.4 is 5.32 Å². The van der Waals surface area contributed by atoms with Crippen LogP contribution >= 0.6 is 0 Å². The summed E-state index contributed by atoms with van der Waals surface area (Å²) in [7, 11) is -3.26. The first-order chi connectivity index (χ1) is 18.7. The van der Waals surface area contributed by atoms with Crippen molar-refractivity contribution in [1.29, 1.82) is 0 Å². The van der Waals surface area contributed by atoms with Crippen LogP contribution in [0.25, 0.3) is 0 Å². The summed E-state index contributed by atoms with van der Waals surface area (Å²) in [5.41, 5.74) is 2.31. The highest BCUT2D eigenvalue weighted by Gasteiger charge is 2.27. The normalized spacial score (nSPS) is 15.5. The average molecular weight is 552 g/mol. The minimum atomic E-state index is -3.26. The van der Waals surface area contributed by atoms with E-state index in [1.165, 1.54) is 6.26 Å². The van der Waals surface area contributed by atoms with E-state index in [1.54, 1.807) is 36.5 Å². The van der Waals surface area contributed by atoms with Gasteiger partial charge in [-0.25, -0.2) is 8.42 Å². The smallest absolute Gasteiger partial charge is 0.269 e. The summed E-state index contributed by atoms with van der Waals surface area (Å²) < 4.78 is 23.4. The second-order valence-corrected chi connectivity index (χ2v) is 12.1. The number of amides is 2. The van der Waals surface area contributed by atoms with Crippen LogP contribution in [-0.2, 0) is 21.1 Å². The first kappa shape index (κ1) is 28.5. The SMILES string of the molecule is CCN(C(=O)Cc1ccc(S(C)(=O)=O)cc1)C1CCN(CC[C@H](NC(=O)c2ccn[nH]2)c2ccccc2)CC1. The lowest BCUT2D eigenvalue weighted by molar-refractivity contribution is -0.133. The van der Waals surface area contributed by atoms with Gasteiger partial charge in [0, 0.05) is 44.7 Å². The van der Waals surface area contributed by atoms with Crippen LogP contribution in [0.5, 0.6) is 0 Å². The molecule has 0 aliphatic carbocycles. The summed E-state index contributed by atoms with van der Waals surface area (Å²) in [4.78, 5) is 30.4. The maximum Gasteiger partial charge on any atom is 0.269 e. The number of hydrogen-bond acceptors (Lipinski definition) is 6. The van der Waals surface area contributed by atoms with Gasteiger partial charge in [0.25, 0.3) is 5.91 Å². The zero-order chi connectivity index (χ0) is 27.8. The summed E-state index contributed by atoms with van der Waals surface area (Å²) in [6, 6.07) is 18.3. The number of likely N-dealkylation sites (tertiary alicyclic amines) is 1. The number of aromatic nitrogens is 2. The highest BCUT2D eigenvalue weighted by atomic mass is 32.2. The molecule has 2 amide bonds. The van der Waals surface area contributed by atoms with Crippen molar-refractivity contribution in [3.05, 3.63) is 83.7 Å². The van der Waals surface area contributed by atoms with E-state index in [0.29, 0.717) is 12.2 Å². The van der Waals surface area contributed by atoms with Gasteiger partial charge in [-0.15, -0.1) is 0 Å². The fraction of sp³-hybridized carbons (Fsp3) is 0.414. The Morgan fingerprint density at radius 2 is 1.77 bits per heavy atom. The van der Waals surface area contributed by atoms with Crippen molar-refractivity contribution in [2.24, 2.45) is 0 Å². The summed E-state index contributed by atoms with van der Waals surface area (Å²) in [5, 5.41) is 9.74. The highest BCUT2D eigenvalue weighted by Crippen LogP contribution is 2.22. The average Bonchev–Trinajstić information content (AvgIpc) is 3.48. The van der Waals surface area contributed by atoms with Crippen molar-refractivity contribution in [3.63, 3.8) is 0 Å². The van der Waals surface area contributed by atoms with E-state index < -0.39 is 9.84 Å². The van der Waals surface area contributed by atoms with Crippen LogP contribution in [0.2, 0.25) is 0 Å². The molecule has 10 heteroatoms. The zero-order valence-electron chi connectivity index (χ0n) is 22.5. The predicted molar refractivity (Wildman–Crippen MR) is 150 cm³/mol. The molecule has 4 rings (SSSR count). The Hall–Kier alpha value is -3.50. The Kier molecular flexibility index (Phi) is 9.53. The number of benzene rings is 2. The quantitative estimate of drug-likeness (QED) is 0.378. The Bertz CT molecular complexity index is 1320. The molecule has 3 aromatic rings. The summed E-state index contributed by atoms with van der Waals surface area (Å²) in [5.74, 6) is -0.114. The van der Waals surface area contributed by atoms with Crippen LogP contribution in [0.4, 0.5) is 0 Å². The second-order valence-electron chi connectivity index (χ2n) is 10.0. The van der Waals surface area contributed by atoms with E-state index in [4.69, 9.17) is 0 Å². The minimum Gasteiger partial charge on any atom is -0.344 e. The molecule has 1 aromatic heterocycles. The lowest BCUT2D eigenvalue weighted by atomic mass is 9.99. The number of sulfone groups is 1. The topological polar surface area (TPSA) is 115 Å². The lowest BCUT2D eigenvalue weighted by Crippen LogP contribution is -2.48. The molecule has 1 fully saturated rings. The molecule has 0 bridgehead atoms. The van der Waals surface area contributed by atoms with Crippen LogP contribution in [0, 0.1) is 0 Å². The summed E-state index contributed by atoms with van der Waals surface area (Å²) >= 11 is 0. The number of nitrogens with one attached hydrogen (secondary N) is 2. The Balaban J connectivity index is 1.30. The van der Waals surface area contributed by atoms with E-state index in [2.05, 4.69) is 20.4 Å². The van der Waals surface area contributed by atoms with Crippen molar-refractivity contribution in [1.82, 2.24) is 25.3 Å². The van der Waals surface area contributed by atoms with Gasteiger partial charge in [-0.1, -0.05) is 42.5 Å². The number of hydrogen-bond donors (Lipinski definition) is 2. The maximum absolute atomic E-state index is 13.1. The number of carbonyl (C=O) groups is 2. The molecule has 2 aromatic carbocycles. The monoisotopic (exact) mass is 551 g/mol. The zero-order valence-corrected chi connectivity index (χ0v) is 23.4. The standard InChI is InChI=1S/C29H37N5O4S/c1-3-34(28(35)21-22-9-11-25(12-10-22)39(2,37)38)24-14-18-33(19-15-24)20-16-26(23-7-5-4-6-8-23)31-29(36)27-13-17-30-32-27/h4-13,17,24,26H,3,14-16,18-21H2,1-2H3,(H,30,32)(H,31,36)/t26-/m0/s1.